The van der Waals surface area contributed by atoms with Gasteiger partial charge in [0.1, 0.15) is 5.75 Å². The van der Waals surface area contributed by atoms with Crippen LogP contribution in [0.5, 0.6) is 11.5 Å². The summed E-state index contributed by atoms with van der Waals surface area (Å²) in [6.45, 7) is 1.12. The van der Waals surface area contributed by atoms with E-state index in [2.05, 4.69) is 4.98 Å². The first-order valence-corrected chi connectivity index (χ1v) is 7.41. The molecular formula is C16H18ClNO3. The summed E-state index contributed by atoms with van der Waals surface area (Å²) in [5.41, 5.74) is 0.537. The summed E-state index contributed by atoms with van der Waals surface area (Å²) in [5.74, 6) is 1.48. The molecule has 1 N–H and O–H groups in total. The molecule has 21 heavy (non-hydrogen) atoms. The molecule has 0 fully saturated rings. The Morgan fingerprint density at radius 1 is 1.05 bits per heavy atom. The van der Waals surface area contributed by atoms with Crippen molar-refractivity contribution in [2.24, 2.45) is 0 Å². The SMILES string of the molecule is O=c1cc(CCl)[nH]cc1OCCCCOc1ccccc1. The Balaban J connectivity index is 1.65. The summed E-state index contributed by atoms with van der Waals surface area (Å²) in [4.78, 5) is 14.6. The highest BCUT2D eigenvalue weighted by molar-refractivity contribution is 6.16. The number of ether oxygens (including phenoxy) is 2. The molecule has 1 heterocycles. The number of pyridine rings is 1. The summed E-state index contributed by atoms with van der Waals surface area (Å²) in [6.07, 6.45) is 3.25. The van der Waals surface area contributed by atoms with E-state index >= 15 is 0 Å². The minimum absolute atomic E-state index is 0.148. The summed E-state index contributed by atoms with van der Waals surface area (Å²) >= 11 is 5.64. The number of unbranched alkanes of at least 4 members (excludes halogenated alkanes) is 1. The van der Waals surface area contributed by atoms with Gasteiger partial charge in [-0.25, -0.2) is 0 Å². The molecule has 0 atom stereocenters. The molecule has 0 saturated carbocycles. The number of aromatic nitrogens is 1. The summed E-state index contributed by atoms with van der Waals surface area (Å²) in [5, 5.41) is 0. The largest absolute Gasteiger partial charge is 0.494 e. The van der Waals surface area contributed by atoms with Gasteiger partial charge in [0.2, 0.25) is 5.43 Å². The highest BCUT2D eigenvalue weighted by Crippen LogP contribution is 2.09. The predicted molar refractivity (Wildman–Crippen MR) is 83.3 cm³/mol. The van der Waals surface area contributed by atoms with Gasteiger partial charge in [0, 0.05) is 18.0 Å². The predicted octanol–water partition coefficient (Wildman–Crippen LogP) is 3.35. The van der Waals surface area contributed by atoms with Crippen LogP contribution in [-0.2, 0) is 5.88 Å². The lowest BCUT2D eigenvalue weighted by Crippen LogP contribution is -2.10. The second-order valence-corrected chi connectivity index (χ2v) is 4.80. The molecule has 1 aromatic carbocycles. The average molecular weight is 308 g/mol. The zero-order chi connectivity index (χ0) is 14.9. The van der Waals surface area contributed by atoms with Crippen molar-refractivity contribution in [3.63, 3.8) is 0 Å². The number of hydrogen-bond donors (Lipinski definition) is 1. The van der Waals surface area contributed by atoms with Gasteiger partial charge in [-0.1, -0.05) is 18.2 Å². The van der Waals surface area contributed by atoms with Crippen LogP contribution >= 0.6 is 11.6 Å². The van der Waals surface area contributed by atoms with Crippen molar-refractivity contribution in [3.8, 4) is 11.5 Å². The number of benzene rings is 1. The van der Waals surface area contributed by atoms with E-state index < -0.39 is 0 Å². The maximum Gasteiger partial charge on any atom is 0.223 e. The van der Waals surface area contributed by atoms with E-state index in [0.29, 0.717) is 24.7 Å². The van der Waals surface area contributed by atoms with Crippen LogP contribution in [0.25, 0.3) is 0 Å². The molecule has 1 aromatic heterocycles. The Bertz CT molecular complexity index is 598. The first-order chi connectivity index (χ1) is 10.3. The highest BCUT2D eigenvalue weighted by Gasteiger charge is 2.02. The Morgan fingerprint density at radius 2 is 1.76 bits per heavy atom. The van der Waals surface area contributed by atoms with Crippen molar-refractivity contribution < 1.29 is 9.47 Å². The van der Waals surface area contributed by atoms with Crippen LogP contribution in [0, 0.1) is 0 Å². The number of rotatable bonds is 8. The highest BCUT2D eigenvalue weighted by atomic mass is 35.5. The van der Waals surface area contributed by atoms with Crippen LogP contribution in [0.3, 0.4) is 0 Å². The van der Waals surface area contributed by atoms with Crippen LogP contribution in [-0.4, -0.2) is 18.2 Å². The first kappa shape index (κ1) is 15.4. The topological polar surface area (TPSA) is 51.3 Å². The monoisotopic (exact) mass is 307 g/mol. The molecule has 0 aliphatic carbocycles. The van der Waals surface area contributed by atoms with Gasteiger partial charge in [-0.2, -0.15) is 0 Å². The van der Waals surface area contributed by atoms with Gasteiger partial charge in [0.05, 0.1) is 19.1 Å². The minimum Gasteiger partial charge on any atom is -0.494 e. The zero-order valence-electron chi connectivity index (χ0n) is 11.7. The van der Waals surface area contributed by atoms with Gasteiger partial charge in [0.15, 0.2) is 5.75 Å². The van der Waals surface area contributed by atoms with Crippen LogP contribution in [0.15, 0.2) is 47.4 Å². The van der Waals surface area contributed by atoms with E-state index in [9.17, 15) is 4.79 Å². The molecule has 0 radical (unpaired) electrons. The lowest BCUT2D eigenvalue weighted by Gasteiger charge is -2.07. The normalized spacial score (nSPS) is 10.3. The van der Waals surface area contributed by atoms with Gasteiger partial charge in [-0.3, -0.25) is 4.79 Å². The van der Waals surface area contributed by atoms with Crippen molar-refractivity contribution in [1.82, 2.24) is 4.98 Å². The molecule has 0 spiro atoms. The number of H-pyrrole nitrogens is 1. The molecule has 0 aliphatic heterocycles. The number of aromatic amines is 1. The van der Waals surface area contributed by atoms with Crippen LogP contribution in [0.1, 0.15) is 18.5 Å². The summed E-state index contributed by atoms with van der Waals surface area (Å²) < 4.78 is 11.0. The van der Waals surface area contributed by atoms with E-state index in [1.807, 2.05) is 30.3 Å². The smallest absolute Gasteiger partial charge is 0.223 e. The van der Waals surface area contributed by atoms with E-state index in [1.54, 1.807) is 6.20 Å². The average Bonchev–Trinajstić information content (AvgIpc) is 2.53. The molecule has 112 valence electrons. The summed E-state index contributed by atoms with van der Waals surface area (Å²) in [7, 11) is 0. The number of hydrogen-bond acceptors (Lipinski definition) is 3. The van der Waals surface area contributed by atoms with Crippen molar-refractivity contribution in [3.05, 3.63) is 58.5 Å². The second kappa shape index (κ2) is 8.37. The molecule has 2 rings (SSSR count). The maximum absolute atomic E-state index is 11.7. The van der Waals surface area contributed by atoms with Crippen molar-refractivity contribution >= 4 is 11.6 Å². The Kier molecular flexibility index (Phi) is 6.16. The molecule has 0 saturated heterocycles. The third-order valence-electron chi connectivity index (χ3n) is 2.89. The van der Waals surface area contributed by atoms with Gasteiger partial charge in [-0.15, -0.1) is 11.6 Å². The van der Waals surface area contributed by atoms with Crippen molar-refractivity contribution in [1.29, 1.82) is 0 Å². The van der Waals surface area contributed by atoms with E-state index in [1.165, 1.54) is 6.07 Å². The molecule has 5 heteroatoms. The Hall–Kier alpha value is -1.94. The number of alkyl halides is 1. The maximum atomic E-state index is 11.7. The van der Waals surface area contributed by atoms with Gasteiger partial charge < -0.3 is 14.5 Å². The zero-order valence-corrected chi connectivity index (χ0v) is 12.4. The molecule has 2 aromatic rings. The molecular weight excluding hydrogens is 290 g/mol. The van der Waals surface area contributed by atoms with E-state index in [0.717, 1.165) is 18.6 Å². The molecule has 0 amide bonds. The molecule has 0 aliphatic rings. The molecule has 4 nitrogen and oxygen atoms in total. The lowest BCUT2D eigenvalue weighted by molar-refractivity contribution is 0.265. The second-order valence-electron chi connectivity index (χ2n) is 4.54. The fourth-order valence-corrected chi connectivity index (χ4v) is 1.94. The van der Waals surface area contributed by atoms with Gasteiger partial charge >= 0.3 is 0 Å². The fourth-order valence-electron chi connectivity index (χ4n) is 1.78. The van der Waals surface area contributed by atoms with Crippen LogP contribution in [0.2, 0.25) is 0 Å². The third kappa shape index (κ3) is 5.16. The van der Waals surface area contributed by atoms with Gasteiger partial charge in [0.25, 0.3) is 0 Å². The Labute approximate surface area is 128 Å². The minimum atomic E-state index is -0.148. The fraction of sp³-hybridized carbons (Fsp3) is 0.312. The number of para-hydroxylation sites is 1. The van der Waals surface area contributed by atoms with Gasteiger partial charge in [-0.05, 0) is 25.0 Å². The number of nitrogens with one attached hydrogen (secondary N) is 1. The summed E-state index contributed by atoms with van der Waals surface area (Å²) in [6, 6.07) is 11.1. The van der Waals surface area contributed by atoms with Crippen LogP contribution < -0.4 is 14.9 Å². The first-order valence-electron chi connectivity index (χ1n) is 6.88. The Morgan fingerprint density at radius 3 is 2.43 bits per heavy atom. The lowest BCUT2D eigenvalue weighted by atomic mass is 10.3. The standard InChI is InChI=1S/C16H18ClNO3/c17-11-13-10-15(19)16(12-18-13)21-9-5-4-8-20-14-6-2-1-3-7-14/h1-3,6-7,10,12H,4-5,8-9,11H2,(H,18,19). The van der Waals surface area contributed by atoms with Crippen molar-refractivity contribution in [2.75, 3.05) is 13.2 Å². The van der Waals surface area contributed by atoms with E-state index in [-0.39, 0.29) is 11.3 Å². The van der Waals surface area contributed by atoms with E-state index in [4.69, 9.17) is 21.1 Å². The number of halogens is 1. The quantitative estimate of drug-likeness (QED) is 0.601. The molecule has 0 unspecified atom stereocenters. The molecule has 0 bridgehead atoms. The van der Waals surface area contributed by atoms with Crippen molar-refractivity contribution in [2.45, 2.75) is 18.7 Å². The van der Waals surface area contributed by atoms with Crippen LogP contribution in [0.4, 0.5) is 0 Å². The third-order valence-corrected chi connectivity index (χ3v) is 3.18.